The highest BCUT2D eigenvalue weighted by molar-refractivity contribution is 9.11. The molecule has 0 atom stereocenters. The maximum atomic E-state index is 11.5. The van der Waals surface area contributed by atoms with Crippen molar-refractivity contribution in [3.63, 3.8) is 0 Å². The molecule has 0 radical (unpaired) electrons. The van der Waals surface area contributed by atoms with E-state index in [-0.39, 0.29) is 11.8 Å². The molecule has 0 bridgehead atoms. The Morgan fingerprint density at radius 2 is 1.71 bits per heavy atom. The Morgan fingerprint density at radius 3 is 2.12 bits per heavy atom. The van der Waals surface area contributed by atoms with Gasteiger partial charge in [-0.2, -0.15) is 0 Å². The van der Waals surface area contributed by atoms with Crippen LogP contribution in [0.25, 0.3) is 0 Å². The minimum atomic E-state index is -0.303. The summed E-state index contributed by atoms with van der Waals surface area (Å²) in [7, 11) is 0. The second-order valence-electron chi connectivity index (χ2n) is 3.40. The highest BCUT2D eigenvalue weighted by Gasteiger charge is 2.22. The molecule has 0 unspecified atom stereocenters. The van der Waals surface area contributed by atoms with E-state index in [2.05, 4.69) is 47.8 Å². The van der Waals surface area contributed by atoms with Crippen LogP contribution in [-0.2, 0) is 14.9 Å². The van der Waals surface area contributed by atoms with Gasteiger partial charge in [0.25, 0.3) is 0 Å². The first kappa shape index (κ1) is 14.9. The second-order valence-corrected chi connectivity index (χ2v) is 5.73. The number of rotatable bonds is 2. The molecule has 0 N–H and O–H groups in total. The fourth-order valence-electron chi connectivity index (χ4n) is 1.51. The minimum absolute atomic E-state index is 0.303. The van der Waals surface area contributed by atoms with Gasteiger partial charge in [0.05, 0.1) is 5.69 Å². The van der Waals surface area contributed by atoms with Gasteiger partial charge >= 0.3 is 0 Å². The van der Waals surface area contributed by atoms with E-state index in [9.17, 15) is 9.59 Å². The fraction of sp³-hybridized carbons (Fsp3) is 0.273. The van der Waals surface area contributed by atoms with E-state index in [1.807, 2.05) is 6.07 Å². The summed E-state index contributed by atoms with van der Waals surface area (Å²) in [5.74, 6) is -0.606. The zero-order valence-corrected chi connectivity index (χ0v) is 14.0. The van der Waals surface area contributed by atoms with E-state index in [0.29, 0.717) is 15.5 Å². The predicted octanol–water partition coefficient (Wildman–Crippen LogP) is 4.01. The molecule has 0 spiro atoms. The molecule has 17 heavy (non-hydrogen) atoms. The number of amides is 2. The molecule has 0 aliphatic heterocycles. The highest BCUT2D eigenvalue weighted by atomic mass is 79.9. The number of halogens is 3. The molecular weight excluding hydrogens is 418 g/mol. The molecule has 0 aliphatic rings. The van der Waals surface area contributed by atoms with Crippen LogP contribution in [0.3, 0.4) is 0 Å². The van der Waals surface area contributed by atoms with E-state index in [1.165, 1.54) is 13.8 Å². The van der Waals surface area contributed by atoms with Crippen LogP contribution >= 0.6 is 47.8 Å². The lowest BCUT2D eigenvalue weighted by Gasteiger charge is -2.22. The summed E-state index contributed by atoms with van der Waals surface area (Å²) in [6.45, 7) is 2.74. The number of benzene rings is 1. The Bertz CT molecular complexity index is 460. The third kappa shape index (κ3) is 3.39. The summed E-state index contributed by atoms with van der Waals surface area (Å²) >= 11 is 10.1. The molecule has 0 heterocycles. The summed E-state index contributed by atoms with van der Waals surface area (Å²) in [5.41, 5.74) is 1.45. The first-order chi connectivity index (χ1) is 7.88. The SMILES string of the molecule is CC(=O)N(C(C)=O)c1c(Br)cc(Br)cc1CBr. The second kappa shape index (κ2) is 6.11. The molecule has 0 fully saturated rings. The van der Waals surface area contributed by atoms with Gasteiger partial charge in [-0.15, -0.1) is 0 Å². The smallest absolute Gasteiger partial charge is 0.230 e. The normalized spacial score (nSPS) is 10.2. The molecule has 1 rings (SSSR count). The van der Waals surface area contributed by atoms with Crippen LogP contribution in [0, 0.1) is 0 Å². The Balaban J connectivity index is 3.47. The summed E-state index contributed by atoms with van der Waals surface area (Å²) in [6.07, 6.45) is 0. The lowest BCUT2D eigenvalue weighted by molar-refractivity contribution is -0.124. The van der Waals surface area contributed by atoms with E-state index in [0.717, 1.165) is 14.9 Å². The van der Waals surface area contributed by atoms with Gasteiger partial charge in [0.2, 0.25) is 11.8 Å². The maximum absolute atomic E-state index is 11.5. The number of hydrogen-bond acceptors (Lipinski definition) is 2. The van der Waals surface area contributed by atoms with Gasteiger partial charge in [0.1, 0.15) is 0 Å². The minimum Gasteiger partial charge on any atom is -0.274 e. The van der Waals surface area contributed by atoms with Crippen LogP contribution in [0.4, 0.5) is 5.69 Å². The van der Waals surface area contributed by atoms with Gasteiger partial charge in [-0.3, -0.25) is 9.59 Å². The number of nitrogens with zero attached hydrogens (tertiary/aromatic N) is 1. The van der Waals surface area contributed by atoms with Crippen molar-refractivity contribution in [3.05, 3.63) is 26.6 Å². The molecule has 3 nitrogen and oxygen atoms in total. The van der Waals surface area contributed by atoms with Crippen molar-refractivity contribution in [2.75, 3.05) is 4.90 Å². The van der Waals surface area contributed by atoms with E-state index >= 15 is 0 Å². The van der Waals surface area contributed by atoms with Crippen molar-refractivity contribution in [1.29, 1.82) is 0 Å². The Morgan fingerprint density at radius 1 is 1.18 bits per heavy atom. The largest absolute Gasteiger partial charge is 0.274 e. The van der Waals surface area contributed by atoms with Crippen LogP contribution in [0.5, 0.6) is 0 Å². The van der Waals surface area contributed by atoms with Crippen LogP contribution in [0.2, 0.25) is 0 Å². The van der Waals surface area contributed by atoms with Crippen LogP contribution in [0.1, 0.15) is 19.4 Å². The van der Waals surface area contributed by atoms with Crippen molar-refractivity contribution in [2.45, 2.75) is 19.2 Å². The summed E-state index contributed by atoms with van der Waals surface area (Å²) < 4.78 is 1.58. The van der Waals surface area contributed by atoms with Crippen molar-refractivity contribution in [1.82, 2.24) is 0 Å². The first-order valence-electron chi connectivity index (χ1n) is 4.73. The molecule has 1 aromatic carbocycles. The number of imide groups is 1. The molecule has 6 heteroatoms. The van der Waals surface area contributed by atoms with Gasteiger partial charge in [-0.25, -0.2) is 4.90 Å². The van der Waals surface area contributed by atoms with Gasteiger partial charge in [-0.1, -0.05) is 31.9 Å². The molecule has 92 valence electrons. The number of carbonyl (C=O) groups is 2. The van der Waals surface area contributed by atoms with E-state index in [1.54, 1.807) is 6.07 Å². The molecule has 2 amide bonds. The Kier molecular flexibility index (Phi) is 5.34. The third-order valence-electron chi connectivity index (χ3n) is 2.10. The van der Waals surface area contributed by atoms with Crippen LogP contribution in [0.15, 0.2) is 21.1 Å². The summed E-state index contributed by atoms with van der Waals surface area (Å²) in [4.78, 5) is 24.3. The number of hydrogen-bond donors (Lipinski definition) is 0. The monoisotopic (exact) mass is 425 g/mol. The number of alkyl halides is 1. The highest BCUT2D eigenvalue weighted by Crippen LogP contribution is 2.35. The Hall–Kier alpha value is -0.200. The molecule has 0 aromatic heterocycles. The van der Waals surface area contributed by atoms with Crippen LogP contribution in [-0.4, -0.2) is 11.8 Å². The summed E-state index contributed by atoms with van der Waals surface area (Å²) in [5, 5.41) is 0.553. The predicted molar refractivity (Wildman–Crippen MR) is 78.3 cm³/mol. The first-order valence-corrected chi connectivity index (χ1v) is 7.44. The van der Waals surface area contributed by atoms with Crippen molar-refractivity contribution in [3.8, 4) is 0 Å². The van der Waals surface area contributed by atoms with E-state index < -0.39 is 0 Å². The molecular formula is C11H10Br3NO2. The number of anilines is 1. The van der Waals surface area contributed by atoms with Crippen molar-refractivity contribution >= 4 is 65.3 Å². The average molecular weight is 428 g/mol. The molecule has 0 aliphatic carbocycles. The van der Waals surface area contributed by atoms with Crippen LogP contribution < -0.4 is 4.90 Å². The maximum Gasteiger partial charge on any atom is 0.230 e. The van der Waals surface area contributed by atoms with Crippen molar-refractivity contribution in [2.24, 2.45) is 0 Å². The molecule has 1 aromatic rings. The van der Waals surface area contributed by atoms with Gasteiger partial charge in [-0.05, 0) is 33.6 Å². The standard InChI is InChI=1S/C11H10Br3NO2/c1-6(16)15(7(2)17)11-8(5-12)3-9(13)4-10(11)14/h3-4H,5H2,1-2H3. The third-order valence-corrected chi connectivity index (χ3v) is 3.77. The van der Waals surface area contributed by atoms with Gasteiger partial charge in [0, 0.05) is 28.1 Å². The van der Waals surface area contributed by atoms with Gasteiger partial charge in [0.15, 0.2) is 0 Å². The fourth-order valence-corrected chi connectivity index (χ4v) is 3.43. The molecule has 0 saturated heterocycles. The zero-order valence-electron chi connectivity index (χ0n) is 9.26. The average Bonchev–Trinajstić information content (AvgIpc) is 2.20. The lowest BCUT2D eigenvalue weighted by atomic mass is 10.2. The van der Waals surface area contributed by atoms with Crippen molar-refractivity contribution < 1.29 is 9.59 Å². The van der Waals surface area contributed by atoms with Gasteiger partial charge < -0.3 is 0 Å². The Labute approximate surface area is 125 Å². The quantitative estimate of drug-likeness (QED) is 0.669. The lowest BCUT2D eigenvalue weighted by Crippen LogP contribution is -2.34. The molecule has 0 saturated carbocycles. The topological polar surface area (TPSA) is 37.4 Å². The zero-order chi connectivity index (χ0) is 13.2. The summed E-state index contributed by atoms with van der Waals surface area (Å²) in [6, 6.07) is 3.67. The van der Waals surface area contributed by atoms with E-state index in [4.69, 9.17) is 0 Å². The number of carbonyl (C=O) groups excluding carboxylic acids is 2.